The van der Waals surface area contributed by atoms with E-state index in [1.54, 1.807) is 0 Å². The number of rotatable bonds is 29. The molecule has 0 unspecified atom stereocenters. The average molecular weight is 1440 g/mol. The van der Waals surface area contributed by atoms with Gasteiger partial charge in [-0.3, -0.25) is 14.4 Å². The van der Waals surface area contributed by atoms with Crippen LogP contribution in [0.25, 0.3) is 0 Å². The molecular weight excluding hydrogens is 1350 g/mol. The SMILES string of the molecule is CC(=O)N[C@H]1[C@H](O[C@@H]([C@H](O)[C@H](CO)NC(C)=O)[C@H](O)CO)O[C@H](CO)[C@@H](O[C@@H]2O[C@H](CO)[C@@H](O)[C@H](O[C@H]3O[C@H](CO[C@H]4O[C@H](CO)[C@@H](O)[C@H](O[C@H]5O[C@H](CO[C@H]6O[C@H](CO)[C@@H](O)[C@H](O)[C@@H]6O[C@@H]6O[C@H](CO)[C@@H](O)[C@H](O)[C@H]6NC(C)=O)[C@@H](O)[C@H](O)[C@@H]5O)[C@@H]4O)[C@@H](O)[C@H](O)[C@@H]3O)[C@@H]2O)[C@@H]1O. The van der Waals surface area contributed by atoms with Crippen molar-refractivity contribution in [1.29, 1.82) is 0 Å². The van der Waals surface area contributed by atoms with Crippen LogP contribution in [0.5, 0.6) is 0 Å². The molecule has 7 fully saturated rings. The summed E-state index contributed by atoms with van der Waals surface area (Å²) in [5.74, 6) is -2.40. The minimum atomic E-state index is -2.31. The molecule has 7 aliphatic heterocycles. The van der Waals surface area contributed by atoms with Gasteiger partial charge in [0.15, 0.2) is 44.0 Å². The monoisotopic (exact) mass is 1440 g/mol. The van der Waals surface area contributed by atoms with E-state index in [4.69, 9.17) is 66.3 Å². The smallest absolute Gasteiger partial charge is 0.217 e. The number of hydrogen-bond acceptors (Lipinski definition) is 41. The zero-order valence-electron chi connectivity index (χ0n) is 52.6. The molecule has 44 nitrogen and oxygen atoms in total. The molecule has 39 atom stereocenters. The van der Waals surface area contributed by atoms with Gasteiger partial charge in [0.2, 0.25) is 17.7 Å². The lowest BCUT2D eigenvalue weighted by Crippen LogP contribution is -2.69. The summed E-state index contributed by atoms with van der Waals surface area (Å²) in [5.41, 5.74) is 0. The van der Waals surface area contributed by atoms with Crippen molar-refractivity contribution in [2.24, 2.45) is 0 Å². The van der Waals surface area contributed by atoms with E-state index in [0.29, 0.717) is 0 Å². The molecule has 7 rings (SSSR count). The lowest BCUT2D eigenvalue weighted by molar-refractivity contribution is -0.383. The van der Waals surface area contributed by atoms with Crippen LogP contribution >= 0.6 is 0 Å². The molecule has 0 aromatic carbocycles. The lowest BCUT2D eigenvalue weighted by Gasteiger charge is -2.49. The first-order chi connectivity index (χ1) is 46.3. The highest BCUT2D eigenvalue weighted by molar-refractivity contribution is 5.74. The van der Waals surface area contributed by atoms with Gasteiger partial charge in [0.1, 0.15) is 189 Å². The molecule has 0 bridgehead atoms. The summed E-state index contributed by atoms with van der Waals surface area (Å²) in [4.78, 5) is 36.4. The van der Waals surface area contributed by atoms with Gasteiger partial charge in [0.25, 0.3) is 0 Å². The van der Waals surface area contributed by atoms with Crippen molar-refractivity contribution in [3.8, 4) is 0 Å². The van der Waals surface area contributed by atoms with E-state index in [-0.39, 0.29) is 0 Å². The van der Waals surface area contributed by atoms with Crippen molar-refractivity contribution < 1.29 is 203 Å². The first-order valence-electron chi connectivity index (χ1n) is 31.0. The number of carbonyl (C=O) groups excluding carboxylic acids is 3. The molecule has 3 amide bonds. The van der Waals surface area contributed by atoms with Gasteiger partial charge in [-0.1, -0.05) is 0 Å². The first kappa shape index (κ1) is 82.2. The number of carbonyl (C=O) groups is 3. The molecule has 7 saturated heterocycles. The first-order valence-corrected chi connectivity index (χ1v) is 31.0. The predicted octanol–water partition coefficient (Wildman–Crippen LogP) is -18.4. The van der Waals surface area contributed by atoms with Crippen LogP contribution in [0, 0.1) is 0 Å². The second kappa shape index (κ2) is 36.5. The van der Waals surface area contributed by atoms with Crippen molar-refractivity contribution in [2.45, 2.75) is 260 Å². The van der Waals surface area contributed by atoms with E-state index in [2.05, 4.69) is 16.0 Å². The van der Waals surface area contributed by atoms with E-state index >= 15 is 0 Å². The molecule has 27 N–H and O–H groups in total. The van der Waals surface area contributed by atoms with Crippen LogP contribution in [-0.4, -0.2) is 439 Å². The zero-order chi connectivity index (χ0) is 72.6. The van der Waals surface area contributed by atoms with E-state index in [0.717, 1.165) is 20.8 Å². The van der Waals surface area contributed by atoms with Crippen LogP contribution in [0.4, 0.5) is 0 Å². The van der Waals surface area contributed by atoms with Crippen molar-refractivity contribution in [1.82, 2.24) is 16.0 Å². The van der Waals surface area contributed by atoms with E-state index in [1.807, 2.05) is 0 Å². The van der Waals surface area contributed by atoms with Crippen LogP contribution in [0.3, 0.4) is 0 Å². The van der Waals surface area contributed by atoms with Gasteiger partial charge in [-0.2, -0.15) is 0 Å². The summed E-state index contributed by atoms with van der Waals surface area (Å²) in [7, 11) is 0. The van der Waals surface area contributed by atoms with Crippen LogP contribution in [-0.2, 0) is 80.7 Å². The fraction of sp³-hybridized carbons (Fsp3) is 0.944. The van der Waals surface area contributed by atoms with Crippen molar-refractivity contribution in [3.63, 3.8) is 0 Å². The maximum Gasteiger partial charge on any atom is 0.217 e. The molecular formula is C54H93N3O41. The maximum atomic E-state index is 12.5. The van der Waals surface area contributed by atoms with Gasteiger partial charge >= 0.3 is 0 Å². The van der Waals surface area contributed by atoms with Gasteiger partial charge in [-0.05, 0) is 0 Å². The topological polar surface area (TPSA) is 702 Å². The molecule has 0 aromatic heterocycles. The van der Waals surface area contributed by atoms with Crippen LogP contribution in [0.15, 0.2) is 0 Å². The maximum absolute atomic E-state index is 12.5. The Kier molecular flexibility index (Phi) is 30.6. The fourth-order valence-electron chi connectivity index (χ4n) is 12.1. The van der Waals surface area contributed by atoms with Gasteiger partial charge in [-0.15, -0.1) is 0 Å². The zero-order valence-corrected chi connectivity index (χ0v) is 52.6. The largest absolute Gasteiger partial charge is 0.394 e. The Labute approximate surface area is 555 Å². The summed E-state index contributed by atoms with van der Waals surface area (Å²) in [6, 6.07) is -4.96. The second-order valence-corrected chi connectivity index (χ2v) is 24.4. The summed E-state index contributed by atoms with van der Waals surface area (Å²) in [6.07, 6.45) is -72.4. The highest BCUT2D eigenvalue weighted by Gasteiger charge is 2.58. The molecule has 44 heteroatoms. The van der Waals surface area contributed by atoms with Crippen LogP contribution in [0.1, 0.15) is 20.8 Å². The Bertz CT molecular complexity index is 2460. The van der Waals surface area contributed by atoms with Gasteiger partial charge < -0.3 is 205 Å². The number of aliphatic hydroxyl groups is 24. The van der Waals surface area contributed by atoms with E-state index in [1.165, 1.54) is 0 Å². The number of ether oxygens (including phenoxy) is 14. The number of aliphatic hydroxyl groups excluding tert-OH is 24. The Morgan fingerprint density at radius 3 is 1.17 bits per heavy atom. The molecule has 7 aliphatic rings. The highest BCUT2D eigenvalue weighted by atomic mass is 16.8. The van der Waals surface area contributed by atoms with Crippen molar-refractivity contribution in [2.75, 3.05) is 59.5 Å². The van der Waals surface area contributed by atoms with E-state index < -0.39 is 316 Å². The summed E-state index contributed by atoms with van der Waals surface area (Å²) in [5, 5.41) is 267. The second-order valence-electron chi connectivity index (χ2n) is 24.4. The van der Waals surface area contributed by atoms with E-state index in [9.17, 15) is 137 Å². The summed E-state index contributed by atoms with van der Waals surface area (Å²) >= 11 is 0. The standard InChI is InChI=1S/C54H93N3O41/c1-13(65)55-16(4-58)27(69)43(17(68)5-59)94-49-26(57-15(3)67)35(77)44(22(10-64)91-49)95-53-42(84)46(33(75)21(9-63)89-53)97-52-40(82)36(78)30(72)23(92-52)11-85-50-41(83)45(32(74)20(8-62)88-50)96-51-39(81)37(79)31(73)24(93-51)12-86-54-47(38(80)29(71)19(7-61)90-54)98-48-25(56-14(2)66)34(76)28(70)18(6-60)87-48/h16-54,58-64,68-84H,4-12H2,1-3H3,(H,55,65)(H,56,66)(H,57,67)/t16-,17+,18+,19+,20+,21+,22+,23+,24+,25+,26+,27+,28+,29+,30+,31+,32+,33+,34+,35+,36-,37-,38-,39-,40-,41-,42-,43+,44+,45-,46-,47-,48-,49-,50-,51+,52+,53-,54-/m0/s1. The minimum Gasteiger partial charge on any atom is -0.394 e. The fourth-order valence-corrected chi connectivity index (χ4v) is 12.1. The summed E-state index contributed by atoms with van der Waals surface area (Å²) < 4.78 is 80.2. The van der Waals surface area contributed by atoms with Gasteiger partial charge in [-0.25, -0.2) is 0 Å². The minimum absolute atomic E-state index is 0.751. The Balaban J connectivity index is 1.02. The molecule has 0 aliphatic carbocycles. The third kappa shape index (κ3) is 18.7. The summed E-state index contributed by atoms with van der Waals surface area (Å²) in [6.45, 7) is -6.06. The molecule has 0 aromatic rings. The molecule has 98 heavy (non-hydrogen) atoms. The Morgan fingerprint density at radius 1 is 0.347 bits per heavy atom. The third-order valence-corrected chi connectivity index (χ3v) is 17.5. The van der Waals surface area contributed by atoms with Gasteiger partial charge in [0.05, 0.1) is 65.5 Å². The quantitative estimate of drug-likeness (QED) is 0.0331. The van der Waals surface area contributed by atoms with Gasteiger partial charge in [0, 0.05) is 20.8 Å². The number of hydrogen-bond donors (Lipinski definition) is 27. The molecule has 570 valence electrons. The highest BCUT2D eigenvalue weighted by Crippen LogP contribution is 2.37. The molecule has 0 saturated carbocycles. The number of amides is 3. The Morgan fingerprint density at radius 2 is 0.714 bits per heavy atom. The predicted molar refractivity (Wildman–Crippen MR) is 301 cm³/mol. The average Bonchev–Trinajstić information content (AvgIpc) is 0.784. The van der Waals surface area contributed by atoms with Crippen molar-refractivity contribution in [3.05, 3.63) is 0 Å². The molecule has 0 spiro atoms. The molecule has 7 heterocycles. The Hall–Kier alpha value is -3.11. The third-order valence-electron chi connectivity index (χ3n) is 17.5. The van der Waals surface area contributed by atoms with Crippen molar-refractivity contribution >= 4 is 17.7 Å². The van der Waals surface area contributed by atoms with Crippen LogP contribution in [0.2, 0.25) is 0 Å². The molecule has 0 radical (unpaired) electrons. The van der Waals surface area contributed by atoms with Crippen LogP contribution < -0.4 is 16.0 Å². The lowest BCUT2D eigenvalue weighted by atomic mass is 9.94. The number of nitrogens with one attached hydrogen (secondary N) is 3. The normalized spacial score (nSPS) is 46.1.